The van der Waals surface area contributed by atoms with Gasteiger partial charge in [0.1, 0.15) is 5.75 Å². The third-order valence-electron chi connectivity index (χ3n) is 9.80. The Morgan fingerprint density at radius 3 is 1.47 bits per heavy atom. The third-order valence-corrected chi connectivity index (χ3v) is 9.80. The van der Waals surface area contributed by atoms with Crippen molar-refractivity contribution in [3.05, 3.63) is 187 Å². The molecule has 1 unspecified atom stereocenters. The van der Waals surface area contributed by atoms with Crippen LogP contribution in [0.5, 0.6) is 5.75 Å². The molecular formula is C48H42N2O. The second-order valence-corrected chi connectivity index (χ2v) is 14.3. The Kier molecular flexibility index (Phi) is 8.41. The predicted octanol–water partition coefficient (Wildman–Crippen LogP) is 13.3. The summed E-state index contributed by atoms with van der Waals surface area (Å²) in [7, 11) is 0. The minimum Gasteiger partial charge on any atom is -0.464 e. The highest BCUT2D eigenvalue weighted by Gasteiger charge is 2.28. The Hall–Kier alpha value is -6.06. The van der Waals surface area contributed by atoms with Gasteiger partial charge in [0, 0.05) is 22.6 Å². The van der Waals surface area contributed by atoms with Crippen LogP contribution in [0.4, 0.5) is 22.7 Å². The summed E-state index contributed by atoms with van der Waals surface area (Å²) in [5, 5.41) is 3.63. The lowest BCUT2D eigenvalue weighted by Crippen LogP contribution is -2.11. The summed E-state index contributed by atoms with van der Waals surface area (Å²) in [6.07, 6.45) is -0.221. The Labute approximate surface area is 301 Å². The zero-order valence-corrected chi connectivity index (χ0v) is 29.6. The van der Waals surface area contributed by atoms with E-state index in [-0.39, 0.29) is 11.6 Å². The van der Waals surface area contributed by atoms with Crippen LogP contribution in [0.2, 0.25) is 0 Å². The highest BCUT2D eigenvalue weighted by molar-refractivity contribution is 5.92. The van der Waals surface area contributed by atoms with Gasteiger partial charge in [0.15, 0.2) is 6.23 Å². The van der Waals surface area contributed by atoms with Crippen LogP contribution in [-0.2, 0) is 5.41 Å². The van der Waals surface area contributed by atoms with Crippen molar-refractivity contribution in [3.8, 4) is 39.1 Å². The fourth-order valence-corrected chi connectivity index (χ4v) is 7.08. The van der Waals surface area contributed by atoms with E-state index in [4.69, 9.17) is 4.74 Å². The number of nitrogens with zero attached hydrogens (tertiary/aromatic N) is 1. The van der Waals surface area contributed by atoms with Crippen molar-refractivity contribution >= 4 is 22.7 Å². The second kappa shape index (κ2) is 13.3. The van der Waals surface area contributed by atoms with E-state index in [1.807, 2.05) is 0 Å². The van der Waals surface area contributed by atoms with Crippen LogP contribution >= 0.6 is 0 Å². The molecule has 0 saturated carbocycles. The summed E-state index contributed by atoms with van der Waals surface area (Å²) in [5.74, 6) is 0.944. The summed E-state index contributed by atoms with van der Waals surface area (Å²) in [6.45, 7) is 8.88. The third kappa shape index (κ3) is 6.39. The van der Waals surface area contributed by atoms with Crippen molar-refractivity contribution in [2.45, 2.75) is 39.3 Å². The summed E-state index contributed by atoms with van der Waals surface area (Å²) in [6, 6.07) is 60.7. The molecule has 0 aromatic heterocycles. The maximum atomic E-state index is 6.45. The lowest BCUT2D eigenvalue weighted by atomic mass is 9.86. The van der Waals surface area contributed by atoms with E-state index in [2.05, 4.69) is 208 Å². The fourth-order valence-electron chi connectivity index (χ4n) is 7.08. The van der Waals surface area contributed by atoms with Crippen molar-refractivity contribution in [2.24, 2.45) is 0 Å². The van der Waals surface area contributed by atoms with Crippen molar-refractivity contribution in [1.29, 1.82) is 0 Å². The average Bonchev–Trinajstić information content (AvgIpc) is 3.61. The molecule has 1 heterocycles. The van der Waals surface area contributed by atoms with Crippen molar-refractivity contribution < 1.29 is 4.74 Å². The van der Waals surface area contributed by atoms with Crippen LogP contribution in [0.15, 0.2) is 170 Å². The van der Waals surface area contributed by atoms with Gasteiger partial charge in [0.05, 0.1) is 5.69 Å². The number of rotatable bonds is 7. The molecule has 0 amide bonds. The average molecular weight is 663 g/mol. The van der Waals surface area contributed by atoms with Crippen LogP contribution < -0.4 is 15.0 Å². The topological polar surface area (TPSA) is 24.5 Å². The molecule has 3 nitrogen and oxygen atoms in total. The van der Waals surface area contributed by atoms with Gasteiger partial charge in [-0.15, -0.1) is 0 Å². The monoisotopic (exact) mass is 662 g/mol. The maximum absolute atomic E-state index is 6.45. The lowest BCUT2D eigenvalue weighted by molar-refractivity contribution is 0.258. The van der Waals surface area contributed by atoms with E-state index in [0.717, 1.165) is 39.6 Å². The number of nitrogens with one attached hydrogen (secondary N) is 1. The molecule has 0 bridgehead atoms. The lowest BCUT2D eigenvalue weighted by Gasteiger charge is -2.25. The first-order valence-corrected chi connectivity index (χ1v) is 17.7. The van der Waals surface area contributed by atoms with Gasteiger partial charge in [-0.25, -0.2) is 0 Å². The first-order chi connectivity index (χ1) is 24.8. The van der Waals surface area contributed by atoms with Gasteiger partial charge in [0.25, 0.3) is 0 Å². The van der Waals surface area contributed by atoms with Gasteiger partial charge in [-0.3, -0.25) is 0 Å². The summed E-state index contributed by atoms with van der Waals surface area (Å²) < 4.78 is 6.45. The number of hydrogen-bond donors (Lipinski definition) is 1. The number of aryl methyl sites for hydroxylation is 1. The molecule has 7 aromatic carbocycles. The van der Waals surface area contributed by atoms with Crippen molar-refractivity contribution in [1.82, 2.24) is 0 Å². The number of ether oxygens (including phenoxy) is 1. The fraction of sp³-hybridized carbons (Fsp3) is 0.125. The Morgan fingerprint density at radius 1 is 0.510 bits per heavy atom. The summed E-state index contributed by atoms with van der Waals surface area (Å²) in [4.78, 5) is 2.30. The van der Waals surface area contributed by atoms with Crippen LogP contribution in [0, 0.1) is 6.92 Å². The molecule has 0 fully saturated rings. The number of benzene rings is 7. The quantitative estimate of drug-likeness (QED) is 0.184. The minimum absolute atomic E-state index is 0.0720. The highest BCUT2D eigenvalue weighted by atomic mass is 16.5. The molecule has 0 spiro atoms. The molecule has 51 heavy (non-hydrogen) atoms. The van der Waals surface area contributed by atoms with Gasteiger partial charge in [-0.1, -0.05) is 148 Å². The molecule has 0 radical (unpaired) electrons. The first kappa shape index (κ1) is 32.2. The van der Waals surface area contributed by atoms with E-state index in [9.17, 15) is 0 Å². The molecule has 0 saturated heterocycles. The largest absolute Gasteiger partial charge is 0.464 e. The molecule has 8 rings (SSSR count). The molecule has 7 aromatic rings. The van der Waals surface area contributed by atoms with Crippen molar-refractivity contribution in [3.63, 3.8) is 0 Å². The van der Waals surface area contributed by atoms with E-state index in [0.29, 0.717) is 0 Å². The van der Waals surface area contributed by atoms with E-state index < -0.39 is 0 Å². The SMILES string of the molecule is Cc1cc(C(C)(C)C)cc2c1OC(c1ccc(-c3ccccc3-c3ccccc3-c3ccc(N(c4ccccc4)c4ccccc4)cc3)cc1)N2. The molecule has 1 aliphatic heterocycles. The van der Waals surface area contributed by atoms with Gasteiger partial charge in [0.2, 0.25) is 0 Å². The van der Waals surface area contributed by atoms with E-state index >= 15 is 0 Å². The number of para-hydroxylation sites is 2. The number of fused-ring (bicyclic) bond motifs is 1. The van der Waals surface area contributed by atoms with Gasteiger partial charge in [-0.05, 0) is 99.3 Å². The van der Waals surface area contributed by atoms with Gasteiger partial charge in [-0.2, -0.15) is 0 Å². The van der Waals surface area contributed by atoms with Gasteiger partial charge >= 0.3 is 0 Å². The zero-order chi connectivity index (χ0) is 35.0. The Balaban J connectivity index is 1.09. The smallest absolute Gasteiger partial charge is 0.196 e. The van der Waals surface area contributed by atoms with E-state index in [1.54, 1.807) is 0 Å². The molecule has 1 aliphatic rings. The van der Waals surface area contributed by atoms with Crippen LogP contribution in [0.3, 0.4) is 0 Å². The molecular weight excluding hydrogens is 621 g/mol. The highest BCUT2D eigenvalue weighted by Crippen LogP contribution is 2.44. The molecule has 250 valence electrons. The zero-order valence-electron chi connectivity index (χ0n) is 29.6. The summed E-state index contributed by atoms with van der Waals surface area (Å²) in [5.41, 5.74) is 15.2. The molecule has 0 aliphatic carbocycles. The number of anilines is 4. The number of hydrogen-bond acceptors (Lipinski definition) is 3. The minimum atomic E-state index is -0.221. The maximum Gasteiger partial charge on any atom is 0.196 e. The summed E-state index contributed by atoms with van der Waals surface area (Å²) >= 11 is 0. The van der Waals surface area contributed by atoms with Gasteiger partial charge < -0.3 is 15.0 Å². The van der Waals surface area contributed by atoms with E-state index in [1.165, 1.54) is 38.9 Å². The standard InChI is InChI=1S/C48H42N2O/c1-33-31-37(48(2,3)4)32-45-46(33)51-47(49-45)36-25-23-34(24-26-36)41-19-11-13-21-43(41)44-22-14-12-20-42(44)35-27-29-40(30-28-35)50(38-15-7-5-8-16-38)39-17-9-6-10-18-39/h5-32,47,49H,1-4H3. The normalized spacial score (nSPS) is 13.6. The Morgan fingerprint density at radius 2 is 0.961 bits per heavy atom. The molecule has 1 atom stereocenters. The van der Waals surface area contributed by atoms with Crippen LogP contribution in [-0.4, -0.2) is 0 Å². The Bertz CT molecular complexity index is 2250. The predicted molar refractivity (Wildman–Crippen MR) is 214 cm³/mol. The molecule has 3 heteroatoms. The van der Waals surface area contributed by atoms with Crippen molar-refractivity contribution in [2.75, 3.05) is 10.2 Å². The van der Waals surface area contributed by atoms with Crippen LogP contribution in [0.1, 0.15) is 43.7 Å². The molecule has 1 N–H and O–H groups in total. The first-order valence-electron chi connectivity index (χ1n) is 17.7. The van der Waals surface area contributed by atoms with Crippen LogP contribution in [0.25, 0.3) is 33.4 Å². The second-order valence-electron chi connectivity index (χ2n) is 14.3.